The van der Waals surface area contributed by atoms with Crippen molar-refractivity contribution in [3.05, 3.63) is 29.8 Å². The summed E-state index contributed by atoms with van der Waals surface area (Å²) >= 11 is 0. The first-order valence-electron chi connectivity index (χ1n) is 7.81. The predicted molar refractivity (Wildman–Crippen MR) is 81.7 cm³/mol. The third-order valence-corrected chi connectivity index (χ3v) is 4.08. The van der Waals surface area contributed by atoms with Gasteiger partial charge in [0, 0.05) is 37.5 Å². The molecule has 1 amide bonds. The minimum atomic E-state index is -1.14. The van der Waals surface area contributed by atoms with E-state index < -0.39 is 17.9 Å². The van der Waals surface area contributed by atoms with Gasteiger partial charge in [-0.15, -0.1) is 0 Å². The first-order valence-corrected chi connectivity index (χ1v) is 7.81. The van der Waals surface area contributed by atoms with Crippen molar-refractivity contribution in [2.75, 3.05) is 26.9 Å². The van der Waals surface area contributed by atoms with Crippen molar-refractivity contribution in [2.45, 2.75) is 25.8 Å². The molecule has 0 spiro atoms. The van der Waals surface area contributed by atoms with Crippen LogP contribution in [0.15, 0.2) is 24.3 Å². The zero-order chi connectivity index (χ0) is 16.8. The highest BCUT2D eigenvalue weighted by Gasteiger charge is 2.38. The second-order valence-electron chi connectivity index (χ2n) is 5.46. The molecule has 2 atom stereocenters. The molecule has 23 heavy (non-hydrogen) atoms. The Balaban J connectivity index is 2.44. The number of hydrogen-bond acceptors (Lipinski definition) is 5. The number of nitrogens with zero attached hydrogens (tertiary/aromatic N) is 1. The Morgan fingerprint density at radius 2 is 2.13 bits per heavy atom. The van der Waals surface area contributed by atoms with Gasteiger partial charge < -0.3 is 24.3 Å². The number of piperidine rings is 1. The molecule has 1 aromatic rings. The van der Waals surface area contributed by atoms with Crippen LogP contribution in [0.1, 0.15) is 31.4 Å². The van der Waals surface area contributed by atoms with Crippen molar-refractivity contribution in [1.82, 2.24) is 4.90 Å². The lowest BCUT2D eigenvalue weighted by atomic mass is 9.84. The van der Waals surface area contributed by atoms with Crippen LogP contribution in [-0.4, -0.2) is 43.6 Å². The van der Waals surface area contributed by atoms with E-state index in [0.717, 1.165) is 0 Å². The number of carbonyl (C=O) groups is 2. The van der Waals surface area contributed by atoms with E-state index in [-0.39, 0.29) is 18.7 Å². The van der Waals surface area contributed by atoms with E-state index in [9.17, 15) is 14.7 Å². The minimum absolute atomic E-state index is 0.0733. The molecule has 0 N–H and O–H groups in total. The zero-order valence-electron chi connectivity index (χ0n) is 13.5. The van der Waals surface area contributed by atoms with Crippen LogP contribution in [0.25, 0.3) is 0 Å². The maximum Gasteiger partial charge on any atom is 0.223 e. The van der Waals surface area contributed by atoms with Gasteiger partial charge >= 0.3 is 0 Å². The average molecular weight is 320 g/mol. The van der Waals surface area contributed by atoms with Crippen molar-refractivity contribution < 1.29 is 24.2 Å². The third-order valence-electron chi connectivity index (χ3n) is 4.08. The van der Waals surface area contributed by atoms with Gasteiger partial charge in [0.1, 0.15) is 5.75 Å². The summed E-state index contributed by atoms with van der Waals surface area (Å²) in [5, 5.41) is 11.6. The molecule has 1 saturated heterocycles. The van der Waals surface area contributed by atoms with E-state index in [1.165, 1.54) is 0 Å². The van der Waals surface area contributed by atoms with Gasteiger partial charge in [-0.1, -0.05) is 18.2 Å². The van der Waals surface area contributed by atoms with E-state index >= 15 is 0 Å². The maximum absolute atomic E-state index is 12.3. The van der Waals surface area contributed by atoms with Gasteiger partial charge in [-0.2, -0.15) is 0 Å². The molecule has 0 aliphatic carbocycles. The van der Waals surface area contributed by atoms with Crippen LogP contribution in [0.2, 0.25) is 0 Å². The number of benzene rings is 1. The quantitative estimate of drug-likeness (QED) is 0.741. The molecule has 6 heteroatoms. The number of ether oxygens (including phenoxy) is 2. The molecule has 126 valence electrons. The van der Waals surface area contributed by atoms with Gasteiger partial charge in [0.25, 0.3) is 0 Å². The molecule has 1 aliphatic heterocycles. The Bertz CT molecular complexity index is 560. The molecule has 2 rings (SSSR count). The largest absolute Gasteiger partial charge is 0.550 e. The number of rotatable bonds is 7. The van der Waals surface area contributed by atoms with Gasteiger partial charge in [-0.05, 0) is 19.4 Å². The monoisotopic (exact) mass is 320 g/mol. The zero-order valence-corrected chi connectivity index (χ0v) is 13.5. The van der Waals surface area contributed by atoms with E-state index in [4.69, 9.17) is 9.47 Å². The standard InChI is InChI=1S/C17H23NO5/c1-3-23-14-7-5-4-6-12(14)16-13(17(20)21)8-9-15(19)18(16)10-11-22-2/h4-7,13,16H,3,8-11H2,1-2H3,(H,20,21)/p-1/t13-,16+/m0/s1. The van der Waals surface area contributed by atoms with Crippen LogP contribution in [0.4, 0.5) is 0 Å². The number of amides is 1. The SMILES string of the molecule is CCOc1ccccc1[C@@H]1[C@@H](C(=O)[O-])CCC(=O)N1CCOC. The third kappa shape index (κ3) is 3.82. The Kier molecular flexibility index (Phi) is 5.98. The fraction of sp³-hybridized carbons (Fsp3) is 0.529. The highest BCUT2D eigenvalue weighted by molar-refractivity contribution is 5.81. The average Bonchev–Trinajstić information content (AvgIpc) is 2.54. The summed E-state index contributed by atoms with van der Waals surface area (Å²) in [5.41, 5.74) is 0.702. The topological polar surface area (TPSA) is 78.9 Å². The van der Waals surface area contributed by atoms with E-state index in [0.29, 0.717) is 31.1 Å². The highest BCUT2D eigenvalue weighted by Crippen LogP contribution is 2.40. The number of carboxylic acids is 1. The molecule has 1 fully saturated rings. The van der Waals surface area contributed by atoms with Crippen LogP contribution >= 0.6 is 0 Å². The van der Waals surface area contributed by atoms with Gasteiger partial charge in [-0.3, -0.25) is 4.79 Å². The van der Waals surface area contributed by atoms with Crippen LogP contribution in [0.3, 0.4) is 0 Å². The lowest BCUT2D eigenvalue weighted by Crippen LogP contribution is -2.49. The summed E-state index contributed by atoms with van der Waals surface area (Å²) in [7, 11) is 1.55. The first kappa shape index (κ1) is 17.3. The molecule has 1 heterocycles. The number of para-hydroxylation sites is 1. The van der Waals surface area contributed by atoms with E-state index in [1.54, 1.807) is 18.1 Å². The summed E-state index contributed by atoms with van der Waals surface area (Å²) in [6, 6.07) is 6.65. The smallest absolute Gasteiger partial charge is 0.223 e. The van der Waals surface area contributed by atoms with Gasteiger partial charge in [0.2, 0.25) is 5.91 Å². The fourth-order valence-corrected chi connectivity index (χ4v) is 3.05. The second-order valence-corrected chi connectivity index (χ2v) is 5.46. The summed E-state index contributed by atoms with van der Waals surface area (Å²) < 4.78 is 10.7. The van der Waals surface area contributed by atoms with Crippen LogP contribution in [0.5, 0.6) is 5.75 Å². The van der Waals surface area contributed by atoms with Crippen molar-refractivity contribution in [3.8, 4) is 5.75 Å². The normalized spacial score (nSPS) is 21.3. The first-order chi connectivity index (χ1) is 11.1. The van der Waals surface area contributed by atoms with Crippen LogP contribution in [-0.2, 0) is 14.3 Å². The summed E-state index contributed by atoms with van der Waals surface area (Å²) in [6.07, 6.45) is 0.478. The predicted octanol–water partition coefficient (Wildman–Crippen LogP) is 0.761. The highest BCUT2D eigenvalue weighted by atomic mass is 16.5. The molecule has 1 aromatic carbocycles. The number of carboxylic acid groups (broad SMARTS) is 1. The van der Waals surface area contributed by atoms with Crippen LogP contribution in [0, 0.1) is 5.92 Å². The lowest BCUT2D eigenvalue weighted by molar-refractivity contribution is -0.314. The molecule has 6 nitrogen and oxygen atoms in total. The Morgan fingerprint density at radius 3 is 2.78 bits per heavy atom. The number of aliphatic carboxylic acids is 1. The molecule has 0 radical (unpaired) electrons. The van der Waals surface area contributed by atoms with Crippen molar-refractivity contribution in [1.29, 1.82) is 0 Å². The number of methoxy groups -OCH3 is 1. The summed E-state index contributed by atoms with van der Waals surface area (Å²) in [5.74, 6) is -1.37. The molecule has 0 saturated carbocycles. The van der Waals surface area contributed by atoms with E-state index in [1.807, 2.05) is 25.1 Å². The molecular weight excluding hydrogens is 298 g/mol. The van der Waals surface area contributed by atoms with Crippen LogP contribution < -0.4 is 9.84 Å². The maximum atomic E-state index is 12.3. The second kappa shape index (κ2) is 7.97. The number of likely N-dealkylation sites (tertiary alicyclic amines) is 1. The van der Waals surface area contributed by atoms with Gasteiger partial charge in [-0.25, -0.2) is 0 Å². The Labute approximate surface area is 136 Å². The Hall–Kier alpha value is -2.08. The Morgan fingerprint density at radius 1 is 1.39 bits per heavy atom. The minimum Gasteiger partial charge on any atom is -0.550 e. The summed E-state index contributed by atoms with van der Waals surface area (Å²) in [6.45, 7) is 3.01. The fourth-order valence-electron chi connectivity index (χ4n) is 3.05. The summed E-state index contributed by atoms with van der Waals surface area (Å²) in [4.78, 5) is 25.5. The molecule has 0 aromatic heterocycles. The van der Waals surface area contributed by atoms with Crippen molar-refractivity contribution in [2.24, 2.45) is 5.92 Å². The molecule has 0 bridgehead atoms. The van der Waals surface area contributed by atoms with Gasteiger partial charge in [0.15, 0.2) is 0 Å². The molecule has 0 unspecified atom stereocenters. The molecule has 1 aliphatic rings. The molecular formula is C17H22NO5-. The van der Waals surface area contributed by atoms with Crippen molar-refractivity contribution >= 4 is 11.9 Å². The number of carbonyl (C=O) groups excluding carboxylic acids is 2. The van der Waals surface area contributed by atoms with Gasteiger partial charge in [0.05, 0.1) is 19.3 Å². The lowest BCUT2D eigenvalue weighted by Gasteiger charge is -2.42. The van der Waals surface area contributed by atoms with Crippen molar-refractivity contribution in [3.63, 3.8) is 0 Å². The number of hydrogen-bond donors (Lipinski definition) is 0. The van der Waals surface area contributed by atoms with E-state index in [2.05, 4.69) is 0 Å².